The first-order valence-corrected chi connectivity index (χ1v) is 10.9. The van der Waals surface area contributed by atoms with Crippen molar-refractivity contribution in [3.8, 4) is 11.5 Å². The van der Waals surface area contributed by atoms with Gasteiger partial charge in [0.2, 0.25) is 0 Å². The maximum Gasteiger partial charge on any atom is 0.387 e. The van der Waals surface area contributed by atoms with Gasteiger partial charge in [0.1, 0.15) is 0 Å². The second kappa shape index (κ2) is 14.8. The van der Waals surface area contributed by atoms with Crippen molar-refractivity contribution in [2.24, 2.45) is 10.9 Å². The third-order valence-electron chi connectivity index (χ3n) is 4.91. The number of aliphatic imine (C=N–C) groups is 1. The highest BCUT2D eigenvalue weighted by Crippen LogP contribution is 2.29. The van der Waals surface area contributed by atoms with Crippen molar-refractivity contribution >= 4 is 5.96 Å². The fraction of sp³-hybridized carbons (Fsp3) is 0.682. The molecule has 2 N–H and O–H groups in total. The van der Waals surface area contributed by atoms with E-state index in [0.717, 1.165) is 57.2 Å². The van der Waals surface area contributed by atoms with Crippen LogP contribution < -0.4 is 20.1 Å². The number of hydrogen-bond donors (Lipinski definition) is 2. The third-order valence-corrected chi connectivity index (χ3v) is 4.91. The number of guanidine groups is 1. The topological polar surface area (TPSA) is 73.3 Å². The summed E-state index contributed by atoms with van der Waals surface area (Å²) >= 11 is 0. The van der Waals surface area contributed by atoms with Crippen molar-refractivity contribution in [1.82, 2.24) is 10.6 Å². The zero-order valence-electron chi connectivity index (χ0n) is 18.5. The van der Waals surface area contributed by atoms with Gasteiger partial charge in [-0.3, -0.25) is 4.99 Å². The highest BCUT2D eigenvalue weighted by atomic mass is 19.3. The summed E-state index contributed by atoms with van der Waals surface area (Å²) in [7, 11) is 1.42. The Morgan fingerprint density at radius 1 is 1.23 bits per heavy atom. The third kappa shape index (κ3) is 10.1. The minimum atomic E-state index is -2.89. The Kier molecular flexibility index (Phi) is 12.0. The molecule has 7 nitrogen and oxygen atoms in total. The molecule has 1 fully saturated rings. The maximum absolute atomic E-state index is 12.6. The van der Waals surface area contributed by atoms with Crippen molar-refractivity contribution < 1.29 is 27.7 Å². The van der Waals surface area contributed by atoms with E-state index < -0.39 is 6.61 Å². The number of nitrogens with zero attached hydrogens (tertiary/aromatic N) is 1. The molecule has 0 radical (unpaired) electrons. The van der Waals surface area contributed by atoms with Crippen molar-refractivity contribution in [2.45, 2.75) is 39.2 Å². The summed E-state index contributed by atoms with van der Waals surface area (Å²) in [5.74, 6) is 1.66. The number of methoxy groups -OCH3 is 1. The van der Waals surface area contributed by atoms with Crippen LogP contribution in [0.2, 0.25) is 0 Å². The summed E-state index contributed by atoms with van der Waals surface area (Å²) < 4.78 is 45.9. The highest BCUT2D eigenvalue weighted by Gasteiger charge is 2.13. The van der Waals surface area contributed by atoms with Crippen LogP contribution in [0.5, 0.6) is 11.5 Å². The molecule has 176 valence electrons. The molecule has 1 aliphatic heterocycles. The van der Waals surface area contributed by atoms with E-state index in [-0.39, 0.29) is 11.5 Å². The van der Waals surface area contributed by atoms with Crippen molar-refractivity contribution in [3.05, 3.63) is 23.8 Å². The number of benzene rings is 1. The summed E-state index contributed by atoms with van der Waals surface area (Å²) in [5, 5.41) is 6.47. The predicted molar refractivity (Wildman–Crippen MR) is 116 cm³/mol. The van der Waals surface area contributed by atoms with Crippen molar-refractivity contribution in [2.75, 3.05) is 53.2 Å². The minimum absolute atomic E-state index is 0.0383. The summed E-state index contributed by atoms with van der Waals surface area (Å²) in [6.45, 7) is 4.30. The monoisotopic (exact) mass is 443 g/mol. The summed E-state index contributed by atoms with van der Waals surface area (Å²) in [6, 6.07) is 5.04. The standard InChI is InChI=1S/C22H35F2N3O4/c1-3-25-22(26-10-4-12-30-16-18-8-13-29-14-9-18)27-11-7-17-5-6-19(28-2)20(15-17)31-21(23)24/h5-6,15,18,21H,3-4,7-14,16H2,1-2H3,(H2,25,26,27). The first-order valence-electron chi connectivity index (χ1n) is 10.9. The Morgan fingerprint density at radius 3 is 2.74 bits per heavy atom. The second-order valence-corrected chi connectivity index (χ2v) is 7.29. The lowest BCUT2D eigenvalue weighted by Gasteiger charge is -2.21. The Bertz CT molecular complexity index is 656. The molecule has 1 aromatic rings. The lowest BCUT2D eigenvalue weighted by molar-refractivity contribution is -0.0512. The van der Waals surface area contributed by atoms with Crippen LogP contribution in [0.25, 0.3) is 0 Å². The van der Waals surface area contributed by atoms with Crippen LogP contribution in [0.4, 0.5) is 8.78 Å². The second-order valence-electron chi connectivity index (χ2n) is 7.29. The summed E-state index contributed by atoms with van der Waals surface area (Å²) in [6.07, 6.45) is 3.64. The number of ether oxygens (including phenoxy) is 4. The Labute approximate surface area is 183 Å². The molecular weight excluding hydrogens is 408 g/mol. The summed E-state index contributed by atoms with van der Waals surface area (Å²) in [4.78, 5) is 4.56. The van der Waals surface area contributed by atoms with Gasteiger partial charge in [-0.05, 0) is 56.2 Å². The number of halogens is 2. The van der Waals surface area contributed by atoms with E-state index in [4.69, 9.17) is 14.2 Å². The summed E-state index contributed by atoms with van der Waals surface area (Å²) in [5.41, 5.74) is 0.862. The van der Waals surface area contributed by atoms with Crippen LogP contribution in [0.15, 0.2) is 23.2 Å². The largest absolute Gasteiger partial charge is 0.493 e. The average molecular weight is 444 g/mol. The smallest absolute Gasteiger partial charge is 0.387 e. The molecule has 0 atom stereocenters. The van der Waals surface area contributed by atoms with Crippen LogP contribution in [0.1, 0.15) is 31.7 Å². The zero-order valence-corrected chi connectivity index (χ0v) is 18.5. The molecule has 0 spiro atoms. The number of hydrogen-bond acceptors (Lipinski definition) is 5. The van der Waals surface area contributed by atoms with E-state index in [1.807, 2.05) is 13.0 Å². The van der Waals surface area contributed by atoms with E-state index in [9.17, 15) is 8.78 Å². The Morgan fingerprint density at radius 2 is 2.03 bits per heavy atom. The molecule has 1 aliphatic rings. The fourth-order valence-corrected chi connectivity index (χ4v) is 3.25. The van der Waals surface area contributed by atoms with Crippen LogP contribution in [0, 0.1) is 5.92 Å². The normalized spacial score (nSPS) is 15.2. The van der Waals surface area contributed by atoms with Gasteiger partial charge in [-0.1, -0.05) is 6.07 Å². The molecule has 1 heterocycles. The molecule has 31 heavy (non-hydrogen) atoms. The first kappa shape index (κ1) is 25.1. The van der Waals surface area contributed by atoms with Gasteiger partial charge in [-0.15, -0.1) is 0 Å². The lowest BCUT2D eigenvalue weighted by Crippen LogP contribution is -2.38. The highest BCUT2D eigenvalue weighted by molar-refractivity contribution is 5.79. The van der Waals surface area contributed by atoms with E-state index in [2.05, 4.69) is 20.4 Å². The van der Waals surface area contributed by atoms with Gasteiger partial charge in [0.05, 0.1) is 7.11 Å². The van der Waals surface area contributed by atoms with E-state index in [0.29, 0.717) is 32.0 Å². The predicted octanol–water partition coefficient (Wildman–Crippen LogP) is 3.23. The van der Waals surface area contributed by atoms with E-state index >= 15 is 0 Å². The van der Waals surface area contributed by atoms with E-state index in [1.165, 1.54) is 7.11 Å². The van der Waals surface area contributed by atoms with Crippen LogP contribution in [-0.2, 0) is 15.9 Å². The lowest BCUT2D eigenvalue weighted by atomic mass is 10.0. The Balaban J connectivity index is 1.70. The zero-order chi connectivity index (χ0) is 22.3. The average Bonchev–Trinajstić information content (AvgIpc) is 2.76. The molecular formula is C22H35F2N3O4. The van der Waals surface area contributed by atoms with E-state index in [1.54, 1.807) is 12.1 Å². The molecule has 0 aromatic heterocycles. The first-order chi connectivity index (χ1) is 15.1. The molecule has 0 aliphatic carbocycles. The van der Waals surface area contributed by atoms with Crippen LogP contribution >= 0.6 is 0 Å². The van der Waals surface area contributed by atoms with Crippen LogP contribution in [0.3, 0.4) is 0 Å². The van der Waals surface area contributed by atoms with Crippen molar-refractivity contribution in [1.29, 1.82) is 0 Å². The van der Waals surface area contributed by atoms with Gasteiger partial charge in [0.15, 0.2) is 17.5 Å². The van der Waals surface area contributed by atoms with Gasteiger partial charge in [0.25, 0.3) is 0 Å². The maximum atomic E-state index is 12.6. The van der Waals surface area contributed by atoms with Gasteiger partial charge in [-0.25, -0.2) is 0 Å². The quantitative estimate of drug-likeness (QED) is 0.277. The van der Waals surface area contributed by atoms with Crippen LogP contribution in [-0.4, -0.2) is 65.7 Å². The minimum Gasteiger partial charge on any atom is -0.493 e. The molecule has 1 saturated heterocycles. The Hall–Kier alpha value is -2.13. The molecule has 1 aromatic carbocycles. The molecule has 0 saturated carbocycles. The molecule has 9 heteroatoms. The molecule has 0 bridgehead atoms. The SMILES string of the molecule is CCNC(=NCCCOCC1CCOCC1)NCCc1ccc(OC)c(OC(F)F)c1. The van der Waals surface area contributed by atoms with Crippen molar-refractivity contribution in [3.63, 3.8) is 0 Å². The molecule has 0 unspecified atom stereocenters. The fourth-order valence-electron chi connectivity index (χ4n) is 3.25. The van der Waals surface area contributed by atoms with Gasteiger partial charge in [-0.2, -0.15) is 8.78 Å². The molecule has 2 rings (SSSR count). The van der Waals surface area contributed by atoms with Gasteiger partial charge in [0, 0.05) is 46.1 Å². The number of rotatable bonds is 13. The number of nitrogens with one attached hydrogen (secondary N) is 2. The van der Waals surface area contributed by atoms with Gasteiger partial charge >= 0.3 is 6.61 Å². The van der Waals surface area contributed by atoms with Gasteiger partial charge < -0.3 is 29.6 Å². The molecule has 0 amide bonds. The number of alkyl halides is 2.